The van der Waals surface area contributed by atoms with E-state index in [1.165, 1.54) is 17.7 Å². The topological polar surface area (TPSA) is 97.4 Å². The molecule has 0 spiro atoms. The molecule has 3 rings (SSSR count). The summed E-state index contributed by atoms with van der Waals surface area (Å²) in [6.07, 6.45) is 3.13. The standard InChI is InChI=1S/C23H23NO5S2/c1-3-4-17-5-7-18(8-6-17)19-9-11-20(12-10-19)23(25)24-31(28,29)22-15-13-21(14-16-22)30(2,26)27/h5-16H,3-4H2,1-2H3,(H,24,25). The highest BCUT2D eigenvalue weighted by Crippen LogP contribution is 2.21. The van der Waals surface area contributed by atoms with Crippen molar-refractivity contribution in [3.8, 4) is 11.1 Å². The molecule has 31 heavy (non-hydrogen) atoms. The Kier molecular flexibility index (Phi) is 6.62. The van der Waals surface area contributed by atoms with Gasteiger partial charge in [0.2, 0.25) is 0 Å². The van der Waals surface area contributed by atoms with Crippen molar-refractivity contribution in [3.63, 3.8) is 0 Å². The number of benzene rings is 3. The first-order valence-corrected chi connectivity index (χ1v) is 13.0. The average molecular weight is 458 g/mol. The lowest BCUT2D eigenvalue weighted by Gasteiger charge is -2.09. The fourth-order valence-electron chi connectivity index (χ4n) is 3.07. The second kappa shape index (κ2) is 9.03. The summed E-state index contributed by atoms with van der Waals surface area (Å²) in [6.45, 7) is 2.13. The lowest BCUT2D eigenvalue weighted by atomic mass is 10.0. The highest BCUT2D eigenvalue weighted by Gasteiger charge is 2.19. The van der Waals surface area contributed by atoms with Crippen molar-refractivity contribution in [3.05, 3.63) is 83.9 Å². The molecule has 0 saturated carbocycles. The largest absolute Gasteiger partial charge is 0.268 e. The summed E-state index contributed by atoms with van der Waals surface area (Å²) in [4.78, 5) is 12.2. The van der Waals surface area contributed by atoms with Crippen LogP contribution >= 0.6 is 0 Å². The van der Waals surface area contributed by atoms with Crippen LogP contribution in [0.3, 0.4) is 0 Å². The maximum Gasteiger partial charge on any atom is 0.264 e. The van der Waals surface area contributed by atoms with Crippen LogP contribution < -0.4 is 4.72 Å². The van der Waals surface area contributed by atoms with E-state index in [0.717, 1.165) is 42.4 Å². The van der Waals surface area contributed by atoms with Crippen LogP contribution in [-0.2, 0) is 26.3 Å². The van der Waals surface area contributed by atoms with E-state index in [0.29, 0.717) is 0 Å². The maximum absolute atomic E-state index is 12.5. The van der Waals surface area contributed by atoms with Crippen molar-refractivity contribution < 1.29 is 21.6 Å². The lowest BCUT2D eigenvalue weighted by molar-refractivity contribution is 0.0981. The number of nitrogens with one attached hydrogen (secondary N) is 1. The van der Waals surface area contributed by atoms with Gasteiger partial charge in [0.25, 0.3) is 15.9 Å². The Balaban J connectivity index is 1.74. The molecule has 162 valence electrons. The van der Waals surface area contributed by atoms with E-state index in [1.807, 2.05) is 16.9 Å². The first kappa shape index (κ1) is 22.7. The average Bonchev–Trinajstić information content (AvgIpc) is 2.74. The molecule has 6 nitrogen and oxygen atoms in total. The molecule has 0 aliphatic carbocycles. The van der Waals surface area contributed by atoms with Gasteiger partial charge in [0, 0.05) is 11.8 Å². The Bertz CT molecular complexity index is 1280. The zero-order chi connectivity index (χ0) is 22.6. The number of rotatable bonds is 7. The molecule has 3 aromatic rings. The molecule has 1 N–H and O–H groups in total. The van der Waals surface area contributed by atoms with Gasteiger partial charge in [-0.2, -0.15) is 0 Å². The predicted molar refractivity (Wildman–Crippen MR) is 120 cm³/mol. The molecule has 0 aliphatic heterocycles. The van der Waals surface area contributed by atoms with E-state index in [2.05, 4.69) is 19.1 Å². The molecule has 0 aromatic heterocycles. The molecule has 8 heteroatoms. The molecule has 0 fully saturated rings. The Morgan fingerprint density at radius 2 is 1.23 bits per heavy atom. The molecule has 0 aliphatic rings. The van der Waals surface area contributed by atoms with Crippen LogP contribution in [0.15, 0.2) is 82.6 Å². The number of carbonyl (C=O) groups excluding carboxylic acids is 1. The van der Waals surface area contributed by atoms with Crippen LogP contribution in [0.4, 0.5) is 0 Å². The van der Waals surface area contributed by atoms with Crippen LogP contribution in [-0.4, -0.2) is 29.0 Å². The van der Waals surface area contributed by atoms with Crippen LogP contribution in [0.2, 0.25) is 0 Å². The molecule has 0 radical (unpaired) electrons. The van der Waals surface area contributed by atoms with Crippen LogP contribution in [0, 0.1) is 0 Å². The van der Waals surface area contributed by atoms with E-state index in [-0.39, 0.29) is 15.4 Å². The highest BCUT2D eigenvalue weighted by molar-refractivity contribution is 7.91. The van der Waals surface area contributed by atoms with Crippen molar-refractivity contribution in [2.75, 3.05) is 6.26 Å². The highest BCUT2D eigenvalue weighted by atomic mass is 32.2. The lowest BCUT2D eigenvalue weighted by Crippen LogP contribution is -2.30. The summed E-state index contributed by atoms with van der Waals surface area (Å²) in [5, 5.41) is 0. The van der Waals surface area contributed by atoms with Gasteiger partial charge in [0.1, 0.15) is 0 Å². The number of sulfonamides is 1. The molecule has 3 aromatic carbocycles. The smallest absolute Gasteiger partial charge is 0.264 e. The molecule has 1 amide bonds. The van der Waals surface area contributed by atoms with Crippen molar-refractivity contribution in [1.82, 2.24) is 4.72 Å². The number of sulfone groups is 1. The van der Waals surface area contributed by atoms with Gasteiger partial charge in [-0.25, -0.2) is 21.6 Å². The summed E-state index contributed by atoms with van der Waals surface area (Å²) in [6, 6.07) is 19.5. The zero-order valence-electron chi connectivity index (χ0n) is 17.2. The third-order valence-electron chi connectivity index (χ3n) is 4.76. The normalized spacial score (nSPS) is 11.8. The second-order valence-corrected chi connectivity index (χ2v) is 10.9. The summed E-state index contributed by atoms with van der Waals surface area (Å²) in [7, 11) is -7.58. The number of carbonyl (C=O) groups is 1. The SMILES string of the molecule is CCCc1ccc(-c2ccc(C(=O)NS(=O)(=O)c3ccc(S(C)(=O)=O)cc3)cc2)cc1. The Hall–Kier alpha value is -2.97. The minimum Gasteiger partial charge on any atom is -0.268 e. The number of hydrogen-bond acceptors (Lipinski definition) is 5. The van der Waals surface area contributed by atoms with Gasteiger partial charge in [-0.05, 0) is 59.5 Å². The van der Waals surface area contributed by atoms with Crippen molar-refractivity contribution in [2.24, 2.45) is 0 Å². The first-order chi connectivity index (χ1) is 14.6. The van der Waals surface area contributed by atoms with E-state index < -0.39 is 25.8 Å². The quantitative estimate of drug-likeness (QED) is 0.582. The van der Waals surface area contributed by atoms with Crippen LogP contribution in [0.1, 0.15) is 29.3 Å². The van der Waals surface area contributed by atoms with E-state index in [1.54, 1.807) is 24.3 Å². The fraction of sp³-hybridized carbons (Fsp3) is 0.174. The summed E-state index contributed by atoms with van der Waals surface area (Å²) >= 11 is 0. The Morgan fingerprint density at radius 3 is 1.71 bits per heavy atom. The van der Waals surface area contributed by atoms with Gasteiger partial charge >= 0.3 is 0 Å². The molecule has 0 saturated heterocycles. The van der Waals surface area contributed by atoms with Crippen molar-refractivity contribution in [2.45, 2.75) is 29.6 Å². The molecule has 0 heterocycles. The summed E-state index contributed by atoms with van der Waals surface area (Å²) in [5.41, 5.74) is 3.38. The van der Waals surface area contributed by atoms with Crippen LogP contribution in [0.5, 0.6) is 0 Å². The molecular weight excluding hydrogens is 434 g/mol. The van der Waals surface area contributed by atoms with Gasteiger partial charge in [0.05, 0.1) is 9.79 Å². The van der Waals surface area contributed by atoms with Crippen molar-refractivity contribution in [1.29, 1.82) is 0 Å². The van der Waals surface area contributed by atoms with Gasteiger partial charge in [-0.3, -0.25) is 4.79 Å². The Labute approximate surface area is 182 Å². The minimum atomic E-state index is -4.14. The third kappa shape index (κ3) is 5.59. The van der Waals surface area contributed by atoms with E-state index in [4.69, 9.17) is 0 Å². The summed E-state index contributed by atoms with van der Waals surface area (Å²) < 4.78 is 50.0. The number of amides is 1. The van der Waals surface area contributed by atoms with Gasteiger partial charge in [-0.15, -0.1) is 0 Å². The molecule has 0 bridgehead atoms. The van der Waals surface area contributed by atoms with Gasteiger partial charge in [-0.1, -0.05) is 49.7 Å². The second-order valence-electron chi connectivity index (χ2n) is 7.20. The molecule has 0 atom stereocenters. The number of aryl methyl sites for hydroxylation is 1. The first-order valence-electron chi connectivity index (χ1n) is 9.67. The zero-order valence-corrected chi connectivity index (χ0v) is 18.8. The third-order valence-corrected chi connectivity index (χ3v) is 7.24. The Morgan fingerprint density at radius 1 is 0.742 bits per heavy atom. The fourth-order valence-corrected chi connectivity index (χ4v) is 4.68. The van der Waals surface area contributed by atoms with E-state index >= 15 is 0 Å². The van der Waals surface area contributed by atoms with Crippen LogP contribution in [0.25, 0.3) is 11.1 Å². The summed E-state index contributed by atoms with van der Waals surface area (Å²) in [5.74, 6) is -0.767. The van der Waals surface area contributed by atoms with Gasteiger partial charge in [0.15, 0.2) is 9.84 Å². The van der Waals surface area contributed by atoms with Gasteiger partial charge < -0.3 is 0 Å². The van der Waals surface area contributed by atoms with E-state index in [9.17, 15) is 21.6 Å². The predicted octanol–water partition coefficient (Wildman–Crippen LogP) is 3.83. The molecule has 0 unspecified atom stereocenters. The number of hydrogen-bond donors (Lipinski definition) is 1. The maximum atomic E-state index is 12.5. The molecular formula is C23H23NO5S2. The minimum absolute atomic E-state index is 0.00362. The van der Waals surface area contributed by atoms with Crippen molar-refractivity contribution >= 4 is 25.8 Å². The monoisotopic (exact) mass is 457 g/mol.